The summed E-state index contributed by atoms with van der Waals surface area (Å²) < 4.78 is 0. The van der Waals surface area contributed by atoms with Crippen LogP contribution in [0.1, 0.15) is 31.7 Å². The normalized spacial score (nSPS) is 15.6. The minimum Gasteiger partial charge on any atom is -0.294 e. The van der Waals surface area contributed by atoms with Gasteiger partial charge >= 0.3 is 0 Å². The Balaban J connectivity index is 2.33. The molecule has 0 unspecified atom stereocenters. The first-order valence-corrected chi connectivity index (χ1v) is 5.13. The van der Waals surface area contributed by atoms with Crippen molar-refractivity contribution in [2.75, 3.05) is 0 Å². The van der Waals surface area contributed by atoms with Gasteiger partial charge in [0.15, 0.2) is 5.78 Å². The Morgan fingerprint density at radius 3 is 2.50 bits per heavy atom. The minimum absolute atomic E-state index is 0.305. The molecule has 1 nitrogen and oxygen atoms in total. The van der Waals surface area contributed by atoms with E-state index in [-0.39, 0.29) is 0 Å². The number of Topliss-reactive ketones (excluding diaryl/α,β-unsaturated/α-hetero) is 1. The van der Waals surface area contributed by atoms with Crippen molar-refractivity contribution in [3.05, 3.63) is 41.5 Å². The average molecular weight is 186 g/mol. The summed E-state index contributed by atoms with van der Waals surface area (Å²) in [5.41, 5.74) is 3.41. The zero-order chi connectivity index (χ0) is 9.97. The van der Waals surface area contributed by atoms with E-state index >= 15 is 0 Å². The third-order valence-corrected chi connectivity index (χ3v) is 2.62. The molecule has 0 atom stereocenters. The molecule has 0 spiro atoms. The second-order valence-electron chi connectivity index (χ2n) is 3.69. The maximum Gasteiger partial charge on any atom is 0.167 e. The first-order valence-electron chi connectivity index (χ1n) is 5.13. The van der Waals surface area contributed by atoms with E-state index in [0.717, 1.165) is 24.0 Å². The molecule has 1 aliphatic rings. The van der Waals surface area contributed by atoms with Crippen molar-refractivity contribution in [2.45, 2.75) is 26.2 Å². The highest BCUT2D eigenvalue weighted by Gasteiger charge is 2.26. The molecule has 0 aromatic heterocycles. The van der Waals surface area contributed by atoms with E-state index < -0.39 is 0 Å². The van der Waals surface area contributed by atoms with Gasteiger partial charge < -0.3 is 0 Å². The third kappa shape index (κ3) is 1.50. The molecule has 0 amide bonds. The molecule has 0 saturated carbocycles. The van der Waals surface area contributed by atoms with Gasteiger partial charge in [0, 0.05) is 12.0 Å². The van der Waals surface area contributed by atoms with Crippen LogP contribution in [0.2, 0.25) is 0 Å². The first-order chi connectivity index (χ1) is 6.83. The summed E-state index contributed by atoms with van der Waals surface area (Å²) in [5, 5.41) is 0. The maximum atomic E-state index is 11.5. The van der Waals surface area contributed by atoms with Crippen molar-refractivity contribution in [2.24, 2.45) is 0 Å². The SMILES string of the molecule is CCCC1=C(c2ccccc2)C(=O)C1. The van der Waals surface area contributed by atoms with Crippen LogP contribution in [0.3, 0.4) is 0 Å². The highest BCUT2D eigenvalue weighted by Crippen LogP contribution is 2.35. The summed E-state index contributed by atoms with van der Waals surface area (Å²) in [6.07, 6.45) is 2.87. The van der Waals surface area contributed by atoms with Crippen molar-refractivity contribution in [3.8, 4) is 0 Å². The number of carbonyl (C=O) groups excluding carboxylic acids is 1. The van der Waals surface area contributed by atoms with Crippen LogP contribution in [0.5, 0.6) is 0 Å². The average Bonchev–Trinajstić information content (AvgIpc) is 2.19. The standard InChI is InChI=1S/C13H14O/c1-2-6-11-9-12(14)13(11)10-7-4-3-5-8-10/h3-5,7-8H,2,6,9H2,1H3. The number of rotatable bonds is 3. The molecule has 1 heteroatoms. The Hall–Kier alpha value is -1.37. The van der Waals surface area contributed by atoms with Gasteiger partial charge in [0.2, 0.25) is 0 Å². The molecule has 0 radical (unpaired) electrons. The third-order valence-electron chi connectivity index (χ3n) is 2.62. The lowest BCUT2D eigenvalue weighted by atomic mass is 9.80. The van der Waals surface area contributed by atoms with Gasteiger partial charge in [-0.05, 0) is 12.0 Å². The number of carbonyl (C=O) groups is 1. The Labute approximate surface area is 84.5 Å². The summed E-state index contributed by atoms with van der Waals surface area (Å²) in [5.74, 6) is 0.305. The summed E-state index contributed by atoms with van der Waals surface area (Å²) >= 11 is 0. The number of hydrogen-bond donors (Lipinski definition) is 0. The largest absolute Gasteiger partial charge is 0.294 e. The van der Waals surface area contributed by atoms with Crippen LogP contribution in [0.25, 0.3) is 5.57 Å². The second-order valence-corrected chi connectivity index (χ2v) is 3.69. The highest BCUT2D eigenvalue weighted by molar-refractivity contribution is 6.28. The van der Waals surface area contributed by atoms with Gasteiger partial charge in [-0.1, -0.05) is 49.2 Å². The number of benzene rings is 1. The van der Waals surface area contributed by atoms with E-state index in [9.17, 15) is 4.79 Å². The van der Waals surface area contributed by atoms with Crippen LogP contribution >= 0.6 is 0 Å². The Morgan fingerprint density at radius 2 is 1.93 bits per heavy atom. The summed E-state index contributed by atoms with van der Waals surface area (Å²) in [6, 6.07) is 9.98. The number of allylic oxidation sites excluding steroid dienone is 2. The van der Waals surface area contributed by atoms with Gasteiger partial charge in [-0.25, -0.2) is 0 Å². The van der Waals surface area contributed by atoms with Crippen LogP contribution in [-0.2, 0) is 4.79 Å². The quantitative estimate of drug-likeness (QED) is 0.708. The molecule has 1 aromatic carbocycles. The fourth-order valence-corrected chi connectivity index (χ4v) is 1.95. The first kappa shape index (κ1) is 9.20. The molecule has 0 fully saturated rings. The zero-order valence-corrected chi connectivity index (χ0v) is 8.42. The lowest BCUT2D eigenvalue weighted by molar-refractivity contribution is -0.114. The highest BCUT2D eigenvalue weighted by atomic mass is 16.1. The molecule has 72 valence electrons. The second kappa shape index (κ2) is 3.79. The van der Waals surface area contributed by atoms with Crippen LogP contribution in [-0.4, -0.2) is 5.78 Å². The molecular formula is C13H14O. The minimum atomic E-state index is 0.305. The zero-order valence-electron chi connectivity index (χ0n) is 8.42. The number of hydrogen-bond acceptors (Lipinski definition) is 1. The molecule has 0 saturated heterocycles. The fourth-order valence-electron chi connectivity index (χ4n) is 1.95. The smallest absolute Gasteiger partial charge is 0.167 e. The van der Waals surface area contributed by atoms with Crippen LogP contribution < -0.4 is 0 Å². The summed E-state index contributed by atoms with van der Waals surface area (Å²) in [4.78, 5) is 11.5. The van der Waals surface area contributed by atoms with E-state index in [1.807, 2.05) is 30.3 Å². The maximum absolute atomic E-state index is 11.5. The molecule has 2 rings (SSSR count). The molecule has 1 aromatic rings. The van der Waals surface area contributed by atoms with Gasteiger partial charge in [0.1, 0.15) is 0 Å². The van der Waals surface area contributed by atoms with Gasteiger partial charge in [-0.2, -0.15) is 0 Å². The fraction of sp³-hybridized carbons (Fsp3) is 0.308. The molecule has 0 N–H and O–H groups in total. The Bertz CT molecular complexity index is 373. The molecular weight excluding hydrogens is 172 g/mol. The monoisotopic (exact) mass is 186 g/mol. The van der Waals surface area contributed by atoms with E-state index in [1.54, 1.807) is 0 Å². The molecule has 0 bridgehead atoms. The number of ketones is 1. The molecule has 0 aliphatic heterocycles. The molecule has 0 heterocycles. The van der Waals surface area contributed by atoms with Crippen LogP contribution in [0.15, 0.2) is 35.9 Å². The van der Waals surface area contributed by atoms with Gasteiger partial charge in [0.25, 0.3) is 0 Å². The van der Waals surface area contributed by atoms with Gasteiger partial charge in [0.05, 0.1) is 0 Å². The van der Waals surface area contributed by atoms with Gasteiger partial charge in [-0.15, -0.1) is 0 Å². The lowest BCUT2D eigenvalue weighted by Gasteiger charge is -2.22. The van der Waals surface area contributed by atoms with Crippen molar-refractivity contribution in [1.82, 2.24) is 0 Å². The topological polar surface area (TPSA) is 17.1 Å². The van der Waals surface area contributed by atoms with E-state index in [0.29, 0.717) is 12.2 Å². The predicted molar refractivity (Wildman–Crippen MR) is 57.9 cm³/mol. The molecule has 1 aliphatic carbocycles. The van der Waals surface area contributed by atoms with Crippen LogP contribution in [0.4, 0.5) is 0 Å². The van der Waals surface area contributed by atoms with Crippen molar-refractivity contribution in [1.29, 1.82) is 0 Å². The summed E-state index contributed by atoms with van der Waals surface area (Å²) in [6.45, 7) is 2.15. The van der Waals surface area contributed by atoms with E-state index in [4.69, 9.17) is 0 Å². The molecule has 14 heavy (non-hydrogen) atoms. The van der Waals surface area contributed by atoms with Crippen LogP contribution in [0, 0.1) is 0 Å². The van der Waals surface area contributed by atoms with Crippen molar-refractivity contribution in [3.63, 3.8) is 0 Å². The van der Waals surface area contributed by atoms with Crippen molar-refractivity contribution >= 4 is 11.4 Å². The predicted octanol–water partition coefficient (Wildman–Crippen LogP) is 3.21. The van der Waals surface area contributed by atoms with E-state index in [1.165, 1.54) is 5.57 Å². The Kier molecular flexibility index (Phi) is 2.49. The Morgan fingerprint density at radius 1 is 1.21 bits per heavy atom. The lowest BCUT2D eigenvalue weighted by Crippen LogP contribution is -2.16. The van der Waals surface area contributed by atoms with E-state index in [2.05, 4.69) is 6.92 Å². The summed E-state index contributed by atoms with van der Waals surface area (Å²) in [7, 11) is 0. The van der Waals surface area contributed by atoms with Crippen molar-refractivity contribution < 1.29 is 4.79 Å². The van der Waals surface area contributed by atoms with Gasteiger partial charge in [-0.3, -0.25) is 4.79 Å².